The van der Waals surface area contributed by atoms with Gasteiger partial charge in [-0.3, -0.25) is 4.79 Å². The lowest BCUT2D eigenvalue weighted by molar-refractivity contribution is 0.112. The zero-order valence-corrected chi connectivity index (χ0v) is 11.9. The van der Waals surface area contributed by atoms with Crippen molar-refractivity contribution in [2.75, 3.05) is 0 Å². The first kappa shape index (κ1) is 12.9. The maximum atomic E-state index is 11.2. The molecule has 0 spiro atoms. The first-order valence-electron chi connectivity index (χ1n) is 6.14. The molecule has 1 aromatic carbocycles. The van der Waals surface area contributed by atoms with Crippen LogP contribution in [-0.4, -0.2) is 16.3 Å². The zero-order valence-electron chi connectivity index (χ0n) is 11.1. The van der Waals surface area contributed by atoms with E-state index in [2.05, 4.69) is 9.97 Å². The van der Waals surface area contributed by atoms with E-state index in [0.29, 0.717) is 15.8 Å². The Balaban J connectivity index is 2.07. The minimum absolute atomic E-state index is 0.505. The van der Waals surface area contributed by atoms with Gasteiger partial charge in [0.15, 0.2) is 6.29 Å². The molecule has 0 aliphatic heterocycles. The van der Waals surface area contributed by atoms with Crippen LogP contribution in [0.1, 0.15) is 21.8 Å². The van der Waals surface area contributed by atoms with E-state index in [1.165, 1.54) is 11.8 Å². The Morgan fingerprint density at radius 1 is 1.20 bits per heavy atom. The molecule has 2 heterocycles. The van der Waals surface area contributed by atoms with E-state index in [0.717, 1.165) is 28.6 Å². The summed E-state index contributed by atoms with van der Waals surface area (Å²) in [6, 6.07) is 9.53. The first-order valence-corrected chi connectivity index (χ1v) is 6.96. The molecule has 0 aliphatic rings. The second-order valence-electron chi connectivity index (χ2n) is 4.42. The van der Waals surface area contributed by atoms with Gasteiger partial charge in [-0.05, 0) is 37.7 Å². The molecule has 3 aromatic rings. The molecular weight excluding hydrogens is 272 g/mol. The van der Waals surface area contributed by atoms with E-state index in [-0.39, 0.29) is 0 Å². The Morgan fingerprint density at radius 2 is 2.00 bits per heavy atom. The van der Waals surface area contributed by atoms with Gasteiger partial charge in [-0.2, -0.15) is 0 Å². The Labute approximate surface area is 120 Å². The van der Waals surface area contributed by atoms with Gasteiger partial charge in [0, 0.05) is 10.9 Å². The molecule has 0 saturated carbocycles. The number of fused-ring (bicyclic) bond motifs is 1. The molecule has 3 rings (SSSR count). The summed E-state index contributed by atoms with van der Waals surface area (Å²) in [5.74, 6) is 0.779. The van der Waals surface area contributed by atoms with Crippen LogP contribution < -0.4 is 0 Å². The molecule has 0 N–H and O–H groups in total. The fraction of sp³-hybridized carbons (Fsp3) is 0.133. The average Bonchev–Trinajstić information content (AvgIpc) is 2.76. The Bertz CT molecular complexity index is 776. The van der Waals surface area contributed by atoms with Crippen molar-refractivity contribution in [3.8, 4) is 0 Å². The zero-order chi connectivity index (χ0) is 14.1. The lowest BCUT2D eigenvalue weighted by Crippen LogP contribution is -1.91. The molecular formula is C15H12N2O2S. The highest BCUT2D eigenvalue weighted by Gasteiger charge is 2.13. The first-order chi connectivity index (χ1) is 9.67. The van der Waals surface area contributed by atoms with Gasteiger partial charge >= 0.3 is 0 Å². The van der Waals surface area contributed by atoms with E-state index >= 15 is 0 Å². The van der Waals surface area contributed by atoms with Crippen molar-refractivity contribution in [3.05, 3.63) is 47.3 Å². The number of carbonyl (C=O) groups is 1. The smallest absolute Gasteiger partial charge is 0.262 e. The van der Waals surface area contributed by atoms with Crippen molar-refractivity contribution >= 4 is 29.0 Å². The Kier molecular flexibility index (Phi) is 3.28. The van der Waals surface area contributed by atoms with E-state index in [9.17, 15) is 4.79 Å². The van der Waals surface area contributed by atoms with E-state index in [1.54, 1.807) is 0 Å². The van der Waals surface area contributed by atoms with Crippen LogP contribution in [0.2, 0.25) is 0 Å². The van der Waals surface area contributed by atoms with Gasteiger partial charge in [0.05, 0.1) is 11.2 Å². The summed E-state index contributed by atoms with van der Waals surface area (Å²) in [5, 5.41) is 2.06. The fourth-order valence-corrected chi connectivity index (χ4v) is 2.73. The van der Waals surface area contributed by atoms with Crippen molar-refractivity contribution < 1.29 is 9.21 Å². The SMILES string of the molecule is Cc1nc(Sc2nc3ccccc3cc2C=O)oc1C. The van der Waals surface area contributed by atoms with Crippen LogP contribution in [0.25, 0.3) is 10.9 Å². The van der Waals surface area contributed by atoms with Gasteiger partial charge in [0.2, 0.25) is 0 Å². The summed E-state index contributed by atoms with van der Waals surface area (Å²) in [7, 11) is 0. The predicted molar refractivity (Wildman–Crippen MR) is 77.2 cm³/mol. The third kappa shape index (κ3) is 2.32. The second kappa shape index (κ2) is 5.09. The number of hydrogen-bond acceptors (Lipinski definition) is 5. The number of carbonyl (C=O) groups excluding carboxylic acids is 1. The highest BCUT2D eigenvalue weighted by molar-refractivity contribution is 7.99. The highest BCUT2D eigenvalue weighted by atomic mass is 32.2. The summed E-state index contributed by atoms with van der Waals surface area (Å²) in [6.45, 7) is 3.75. The molecule has 100 valence electrons. The third-order valence-corrected chi connectivity index (χ3v) is 3.91. The molecule has 0 unspecified atom stereocenters. The molecule has 2 aromatic heterocycles. The number of aromatic nitrogens is 2. The standard InChI is InChI=1S/C15H12N2O2S/c1-9-10(2)19-15(16-9)20-14-12(8-18)7-11-5-3-4-6-13(11)17-14/h3-8H,1-2H3. The van der Waals surface area contributed by atoms with Crippen molar-refractivity contribution in [1.29, 1.82) is 0 Å². The second-order valence-corrected chi connectivity index (χ2v) is 5.36. The van der Waals surface area contributed by atoms with Crippen molar-refractivity contribution in [3.63, 3.8) is 0 Å². The summed E-state index contributed by atoms with van der Waals surface area (Å²) >= 11 is 1.27. The van der Waals surface area contributed by atoms with Crippen molar-refractivity contribution in [2.45, 2.75) is 24.1 Å². The maximum Gasteiger partial charge on any atom is 0.262 e. The molecule has 4 nitrogen and oxygen atoms in total. The van der Waals surface area contributed by atoms with Gasteiger partial charge in [-0.1, -0.05) is 18.2 Å². The molecule has 0 amide bonds. The molecule has 0 radical (unpaired) electrons. The number of para-hydroxylation sites is 1. The molecule has 0 aliphatic carbocycles. The minimum Gasteiger partial charge on any atom is -0.436 e. The van der Waals surface area contributed by atoms with Crippen LogP contribution in [0, 0.1) is 13.8 Å². The Hall–Kier alpha value is -2.14. The normalized spacial score (nSPS) is 10.9. The van der Waals surface area contributed by atoms with Crippen LogP contribution in [0.4, 0.5) is 0 Å². The molecule has 20 heavy (non-hydrogen) atoms. The molecule has 5 heteroatoms. The summed E-state index contributed by atoms with van der Waals surface area (Å²) < 4.78 is 5.53. The van der Waals surface area contributed by atoms with Crippen molar-refractivity contribution in [1.82, 2.24) is 9.97 Å². The van der Waals surface area contributed by atoms with Crippen LogP contribution in [0.5, 0.6) is 0 Å². The van der Waals surface area contributed by atoms with E-state index in [1.807, 2.05) is 44.2 Å². The van der Waals surface area contributed by atoms with Gasteiger partial charge in [0.1, 0.15) is 10.8 Å². The number of pyridine rings is 1. The lowest BCUT2D eigenvalue weighted by atomic mass is 10.2. The van der Waals surface area contributed by atoms with Crippen LogP contribution in [0.15, 0.2) is 45.0 Å². The van der Waals surface area contributed by atoms with Gasteiger partial charge < -0.3 is 4.42 Å². The minimum atomic E-state index is 0.505. The average molecular weight is 284 g/mol. The number of aldehydes is 1. The number of oxazole rings is 1. The largest absolute Gasteiger partial charge is 0.436 e. The van der Waals surface area contributed by atoms with E-state index < -0.39 is 0 Å². The number of benzene rings is 1. The Morgan fingerprint density at radius 3 is 2.70 bits per heavy atom. The van der Waals surface area contributed by atoms with E-state index in [4.69, 9.17) is 4.42 Å². The van der Waals surface area contributed by atoms with Gasteiger partial charge in [-0.25, -0.2) is 9.97 Å². The fourth-order valence-electron chi connectivity index (χ4n) is 1.85. The lowest BCUT2D eigenvalue weighted by Gasteiger charge is -2.03. The van der Waals surface area contributed by atoms with Crippen molar-refractivity contribution in [2.24, 2.45) is 0 Å². The number of aryl methyl sites for hydroxylation is 2. The highest BCUT2D eigenvalue weighted by Crippen LogP contribution is 2.30. The van der Waals surface area contributed by atoms with Gasteiger partial charge in [0.25, 0.3) is 5.22 Å². The number of nitrogens with zero attached hydrogens (tertiary/aromatic N) is 2. The molecule has 0 fully saturated rings. The predicted octanol–water partition coefficient (Wildman–Crippen LogP) is 3.80. The molecule has 0 saturated heterocycles. The third-order valence-electron chi connectivity index (χ3n) is 3.04. The summed E-state index contributed by atoms with van der Waals surface area (Å²) in [4.78, 5) is 20.0. The number of hydrogen-bond donors (Lipinski definition) is 0. The number of rotatable bonds is 3. The van der Waals surface area contributed by atoms with Crippen LogP contribution >= 0.6 is 11.8 Å². The molecule has 0 bridgehead atoms. The topological polar surface area (TPSA) is 56.0 Å². The maximum absolute atomic E-state index is 11.2. The summed E-state index contributed by atoms with van der Waals surface area (Å²) in [6.07, 6.45) is 0.810. The quantitative estimate of drug-likeness (QED) is 0.685. The summed E-state index contributed by atoms with van der Waals surface area (Å²) in [5.41, 5.74) is 2.24. The van der Waals surface area contributed by atoms with Crippen LogP contribution in [0.3, 0.4) is 0 Å². The van der Waals surface area contributed by atoms with Crippen LogP contribution in [-0.2, 0) is 0 Å². The van der Waals surface area contributed by atoms with Gasteiger partial charge in [-0.15, -0.1) is 0 Å². The molecule has 0 atom stereocenters. The monoisotopic (exact) mass is 284 g/mol.